The van der Waals surface area contributed by atoms with E-state index in [9.17, 15) is 4.79 Å². The van der Waals surface area contributed by atoms with E-state index >= 15 is 0 Å². The van der Waals surface area contributed by atoms with Crippen molar-refractivity contribution in [2.24, 2.45) is 0 Å². The second-order valence-electron chi connectivity index (χ2n) is 4.42. The minimum absolute atomic E-state index is 0.110. The fraction of sp³-hybridized carbons (Fsp3) is 0.692. The molecule has 6 heteroatoms. The summed E-state index contributed by atoms with van der Waals surface area (Å²) in [5.41, 5.74) is 0.705. The van der Waals surface area contributed by atoms with Gasteiger partial charge in [-0.05, 0) is 18.6 Å². The van der Waals surface area contributed by atoms with Crippen LogP contribution in [0.25, 0.3) is 0 Å². The summed E-state index contributed by atoms with van der Waals surface area (Å²) in [5, 5.41) is 3.65. The first-order chi connectivity index (χ1) is 9.11. The highest BCUT2D eigenvalue weighted by Crippen LogP contribution is 2.15. The van der Waals surface area contributed by atoms with Crippen molar-refractivity contribution in [3.63, 3.8) is 0 Å². The number of nitrogens with one attached hydrogen (secondary N) is 2. The summed E-state index contributed by atoms with van der Waals surface area (Å²) in [6, 6.07) is 1.56. The fourth-order valence-corrected chi connectivity index (χ4v) is 2.09. The van der Waals surface area contributed by atoms with Gasteiger partial charge >= 0.3 is 0 Å². The minimum atomic E-state index is -0.110. The fourth-order valence-electron chi connectivity index (χ4n) is 1.44. The number of hydrogen-bond acceptors (Lipinski definition) is 5. The zero-order chi connectivity index (χ0) is 14.1. The van der Waals surface area contributed by atoms with Gasteiger partial charge < -0.3 is 10.1 Å². The lowest BCUT2D eigenvalue weighted by Gasteiger charge is -2.08. The van der Waals surface area contributed by atoms with Gasteiger partial charge in [-0.2, -0.15) is 11.8 Å². The van der Waals surface area contributed by atoms with E-state index in [1.54, 1.807) is 17.8 Å². The van der Waals surface area contributed by atoms with E-state index in [0.717, 1.165) is 37.6 Å². The largest absolute Gasteiger partial charge is 0.382 e. The number of anilines is 1. The third kappa shape index (κ3) is 7.22. The van der Waals surface area contributed by atoms with Gasteiger partial charge in [0.2, 0.25) is 5.95 Å². The molecule has 0 amide bonds. The van der Waals surface area contributed by atoms with Crippen molar-refractivity contribution in [3.8, 4) is 0 Å². The molecule has 0 fully saturated rings. The molecule has 0 atom stereocenters. The summed E-state index contributed by atoms with van der Waals surface area (Å²) in [6.07, 6.45) is 0.891. The van der Waals surface area contributed by atoms with Gasteiger partial charge in [-0.15, -0.1) is 0 Å². The van der Waals surface area contributed by atoms with Crippen LogP contribution in [0.1, 0.15) is 32.9 Å². The van der Waals surface area contributed by atoms with E-state index in [2.05, 4.69) is 29.1 Å². The maximum absolute atomic E-state index is 11.5. The molecule has 0 bridgehead atoms. The van der Waals surface area contributed by atoms with Gasteiger partial charge in [-0.3, -0.25) is 9.78 Å². The molecule has 0 radical (unpaired) electrons. The molecule has 0 aliphatic carbocycles. The Labute approximate surface area is 118 Å². The quantitative estimate of drug-likeness (QED) is 0.681. The van der Waals surface area contributed by atoms with Crippen LogP contribution in [0.4, 0.5) is 5.95 Å². The van der Waals surface area contributed by atoms with Gasteiger partial charge in [0.15, 0.2) is 0 Å². The first-order valence-corrected chi connectivity index (χ1v) is 7.70. The van der Waals surface area contributed by atoms with Crippen LogP contribution in [0.5, 0.6) is 0 Å². The Morgan fingerprint density at radius 3 is 3.00 bits per heavy atom. The van der Waals surface area contributed by atoms with Crippen molar-refractivity contribution in [3.05, 3.63) is 22.1 Å². The SMILES string of the molecule is CCOCCCNc1nc(CSC(C)C)cc(=O)[nH]1. The highest BCUT2D eigenvalue weighted by atomic mass is 32.2. The van der Waals surface area contributed by atoms with Crippen LogP contribution in [0.15, 0.2) is 10.9 Å². The summed E-state index contributed by atoms with van der Waals surface area (Å²) in [7, 11) is 0. The maximum Gasteiger partial charge on any atom is 0.252 e. The number of hydrogen-bond donors (Lipinski definition) is 2. The topological polar surface area (TPSA) is 67.0 Å². The van der Waals surface area contributed by atoms with Crippen molar-refractivity contribution in [2.75, 3.05) is 25.1 Å². The molecule has 0 unspecified atom stereocenters. The van der Waals surface area contributed by atoms with Crippen LogP contribution in [-0.2, 0) is 10.5 Å². The Hall–Kier alpha value is -1.01. The number of rotatable bonds is 9. The Bertz CT molecular complexity index is 421. The number of H-pyrrole nitrogens is 1. The molecule has 5 nitrogen and oxygen atoms in total. The number of nitrogens with zero attached hydrogens (tertiary/aromatic N) is 1. The lowest BCUT2D eigenvalue weighted by molar-refractivity contribution is 0.147. The first-order valence-electron chi connectivity index (χ1n) is 6.65. The van der Waals surface area contributed by atoms with Gasteiger partial charge in [0.1, 0.15) is 0 Å². The van der Waals surface area contributed by atoms with E-state index in [-0.39, 0.29) is 5.56 Å². The van der Waals surface area contributed by atoms with Crippen molar-refractivity contribution >= 4 is 17.7 Å². The van der Waals surface area contributed by atoms with Gasteiger partial charge in [0.25, 0.3) is 5.56 Å². The molecule has 1 aromatic heterocycles. The Balaban J connectivity index is 2.46. The molecule has 0 aliphatic heterocycles. The number of thioether (sulfide) groups is 1. The van der Waals surface area contributed by atoms with E-state index in [1.165, 1.54) is 0 Å². The second-order valence-corrected chi connectivity index (χ2v) is 5.99. The minimum Gasteiger partial charge on any atom is -0.382 e. The highest BCUT2D eigenvalue weighted by molar-refractivity contribution is 7.99. The van der Waals surface area contributed by atoms with Crippen LogP contribution in [-0.4, -0.2) is 35.0 Å². The average molecular weight is 285 g/mol. The summed E-state index contributed by atoms with van der Waals surface area (Å²) >= 11 is 1.77. The number of aromatic nitrogens is 2. The molecular formula is C13H23N3O2S. The van der Waals surface area contributed by atoms with Crippen LogP contribution in [0.2, 0.25) is 0 Å². The van der Waals surface area contributed by atoms with Crippen LogP contribution in [0.3, 0.4) is 0 Å². The van der Waals surface area contributed by atoms with Crippen molar-refractivity contribution in [1.82, 2.24) is 9.97 Å². The third-order valence-electron chi connectivity index (χ3n) is 2.32. The molecule has 1 heterocycles. The first kappa shape index (κ1) is 16.0. The van der Waals surface area contributed by atoms with Gasteiger partial charge in [0.05, 0.1) is 5.69 Å². The molecule has 0 aromatic carbocycles. The summed E-state index contributed by atoms with van der Waals surface area (Å²) < 4.78 is 5.25. The molecule has 19 heavy (non-hydrogen) atoms. The molecule has 0 aliphatic rings. The highest BCUT2D eigenvalue weighted by Gasteiger charge is 2.03. The standard InChI is InChI=1S/C13H23N3O2S/c1-4-18-7-5-6-14-13-15-11(8-12(17)16-13)9-19-10(2)3/h8,10H,4-7,9H2,1-3H3,(H2,14,15,16,17). The molecular weight excluding hydrogens is 262 g/mol. The predicted molar refractivity (Wildman–Crippen MR) is 80.9 cm³/mol. The normalized spacial score (nSPS) is 10.9. The van der Waals surface area contributed by atoms with Crippen molar-refractivity contribution < 1.29 is 4.74 Å². The molecule has 0 saturated heterocycles. The van der Waals surface area contributed by atoms with Gasteiger partial charge in [-0.25, -0.2) is 4.98 Å². The molecule has 2 N–H and O–H groups in total. The smallest absolute Gasteiger partial charge is 0.252 e. The third-order valence-corrected chi connectivity index (χ3v) is 3.45. The Morgan fingerprint density at radius 2 is 2.32 bits per heavy atom. The van der Waals surface area contributed by atoms with Crippen molar-refractivity contribution in [2.45, 2.75) is 38.2 Å². The van der Waals surface area contributed by atoms with Gasteiger partial charge in [-0.1, -0.05) is 13.8 Å². The number of aromatic amines is 1. The summed E-state index contributed by atoms with van der Waals surface area (Å²) in [6.45, 7) is 8.43. The van der Waals surface area contributed by atoms with Crippen LogP contribution < -0.4 is 10.9 Å². The summed E-state index contributed by atoms with van der Waals surface area (Å²) in [5.74, 6) is 1.30. The van der Waals surface area contributed by atoms with E-state index in [4.69, 9.17) is 4.74 Å². The Morgan fingerprint density at radius 1 is 1.53 bits per heavy atom. The predicted octanol–water partition coefficient (Wildman–Crippen LogP) is 2.25. The Kier molecular flexibility index (Phi) is 7.59. The molecule has 1 aromatic rings. The maximum atomic E-state index is 11.5. The summed E-state index contributed by atoms with van der Waals surface area (Å²) in [4.78, 5) is 18.6. The average Bonchev–Trinajstić information content (AvgIpc) is 2.35. The molecule has 0 spiro atoms. The van der Waals surface area contributed by atoms with E-state index in [1.807, 2.05) is 6.92 Å². The van der Waals surface area contributed by atoms with E-state index in [0.29, 0.717) is 11.2 Å². The zero-order valence-electron chi connectivity index (χ0n) is 11.9. The molecule has 1 rings (SSSR count). The second kappa shape index (κ2) is 8.98. The lowest BCUT2D eigenvalue weighted by Crippen LogP contribution is -2.15. The zero-order valence-corrected chi connectivity index (χ0v) is 12.7. The van der Waals surface area contributed by atoms with Gasteiger partial charge in [0, 0.05) is 31.6 Å². The van der Waals surface area contributed by atoms with Crippen LogP contribution >= 0.6 is 11.8 Å². The van der Waals surface area contributed by atoms with Crippen LogP contribution in [0, 0.1) is 0 Å². The number of ether oxygens (including phenoxy) is 1. The lowest BCUT2D eigenvalue weighted by atomic mass is 10.4. The van der Waals surface area contributed by atoms with Crippen molar-refractivity contribution in [1.29, 1.82) is 0 Å². The molecule has 0 saturated carbocycles. The van der Waals surface area contributed by atoms with E-state index < -0.39 is 0 Å². The monoisotopic (exact) mass is 285 g/mol. The molecule has 108 valence electrons.